The minimum atomic E-state index is -1.40. The maximum atomic E-state index is 11.1. The summed E-state index contributed by atoms with van der Waals surface area (Å²) >= 11 is 3.28. The van der Waals surface area contributed by atoms with Crippen LogP contribution in [0.15, 0.2) is 39.9 Å². The Morgan fingerprint density at radius 3 is 2.82 bits per heavy atom. The SMILES string of the molecule is O=C(O)c1nn(-c2cccc(Br)c2)cnc1=O. The van der Waals surface area contributed by atoms with Crippen molar-refractivity contribution in [1.29, 1.82) is 0 Å². The summed E-state index contributed by atoms with van der Waals surface area (Å²) in [4.78, 5) is 25.3. The van der Waals surface area contributed by atoms with E-state index >= 15 is 0 Å². The van der Waals surface area contributed by atoms with E-state index < -0.39 is 17.2 Å². The van der Waals surface area contributed by atoms with Crippen molar-refractivity contribution in [3.05, 3.63) is 51.1 Å². The molecular formula is C10H6BrN3O3. The molecule has 0 spiro atoms. The summed E-state index contributed by atoms with van der Waals surface area (Å²) in [6.07, 6.45) is 1.18. The number of benzene rings is 1. The van der Waals surface area contributed by atoms with E-state index in [-0.39, 0.29) is 0 Å². The van der Waals surface area contributed by atoms with Gasteiger partial charge < -0.3 is 5.11 Å². The molecule has 1 aromatic heterocycles. The molecular weight excluding hydrogens is 290 g/mol. The first kappa shape index (κ1) is 11.5. The van der Waals surface area contributed by atoms with Crippen LogP contribution in [0.2, 0.25) is 0 Å². The van der Waals surface area contributed by atoms with Gasteiger partial charge >= 0.3 is 11.5 Å². The van der Waals surface area contributed by atoms with Crippen molar-refractivity contribution in [1.82, 2.24) is 14.8 Å². The van der Waals surface area contributed by atoms with Gasteiger partial charge in [0.1, 0.15) is 6.33 Å². The molecule has 2 rings (SSSR count). The lowest BCUT2D eigenvalue weighted by atomic mass is 10.3. The van der Waals surface area contributed by atoms with Crippen LogP contribution in [0, 0.1) is 0 Å². The van der Waals surface area contributed by atoms with Gasteiger partial charge in [0.25, 0.3) is 0 Å². The fraction of sp³-hybridized carbons (Fsp3) is 0. The van der Waals surface area contributed by atoms with Gasteiger partial charge in [-0.3, -0.25) is 4.79 Å². The van der Waals surface area contributed by atoms with Gasteiger partial charge in [-0.25, -0.2) is 9.48 Å². The molecule has 0 atom stereocenters. The Morgan fingerprint density at radius 1 is 1.41 bits per heavy atom. The molecule has 0 unspecified atom stereocenters. The van der Waals surface area contributed by atoms with E-state index in [0.717, 1.165) is 4.47 Å². The lowest BCUT2D eigenvalue weighted by Gasteiger charge is -2.04. The number of carboxylic acids is 1. The lowest BCUT2D eigenvalue weighted by Crippen LogP contribution is -2.23. The number of rotatable bonds is 2. The number of carboxylic acid groups (broad SMARTS) is 1. The van der Waals surface area contributed by atoms with Crippen LogP contribution in [0.4, 0.5) is 0 Å². The smallest absolute Gasteiger partial charge is 0.362 e. The summed E-state index contributed by atoms with van der Waals surface area (Å²) in [5, 5.41) is 12.5. The quantitative estimate of drug-likeness (QED) is 0.896. The highest BCUT2D eigenvalue weighted by Gasteiger charge is 2.12. The van der Waals surface area contributed by atoms with Crippen LogP contribution in [-0.2, 0) is 0 Å². The largest absolute Gasteiger partial charge is 0.476 e. The van der Waals surface area contributed by atoms with Crippen LogP contribution in [0.5, 0.6) is 0 Å². The summed E-state index contributed by atoms with van der Waals surface area (Å²) < 4.78 is 2.04. The van der Waals surface area contributed by atoms with E-state index in [2.05, 4.69) is 26.0 Å². The highest BCUT2D eigenvalue weighted by molar-refractivity contribution is 9.10. The zero-order chi connectivity index (χ0) is 12.4. The molecule has 0 aliphatic rings. The van der Waals surface area contributed by atoms with Crippen LogP contribution in [0.1, 0.15) is 10.5 Å². The molecule has 0 bridgehead atoms. The molecule has 2 aromatic rings. The summed E-state index contributed by atoms with van der Waals surface area (Å²) in [7, 11) is 0. The summed E-state index contributed by atoms with van der Waals surface area (Å²) in [5.41, 5.74) is -0.856. The van der Waals surface area contributed by atoms with E-state index in [1.54, 1.807) is 18.2 Å². The molecule has 0 aliphatic heterocycles. The molecule has 0 fully saturated rings. The number of nitrogens with zero attached hydrogens (tertiary/aromatic N) is 3. The molecule has 86 valence electrons. The standard InChI is InChI=1S/C10H6BrN3O3/c11-6-2-1-3-7(4-6)14-5-12-9(15)8(13-14)10(16)17/h1-5H,(H,16,17). The van der Waals surface area contributed by atoms with Gasteiger partial charge in [0, 0.05) is 4.47 Å². The zero-order valence-corrected chi connectivity index (χ0v) is 9.96. The first-order valence-electron chi connectivity index (χ1n) is 4.53. The number of aromatic nitrogens is 3. The lowest BCUT2D eigenvalue weighted by molar-refractivity contribution is 0.0686. The number of carbonyl (C=O) groups is 1. The number of hydrogen-bond donors (Lipinski definition) is 1. The highest BCUT2D eigenvalue weighted by atomic mass is 79.9. The Morgan fingerprint density at radius 2 is 2.18 bits per heavy atom. The Labute approximate surface area is 104 Å². The van der Waals surface area contributed by atoms with Gasteiger partial charge in [-0.2, -0.15) is 10.1 Å². The van der Waals surface area contributed by atoms with Crippen molar-refractivity contribution < 1.29 is 9.90 Å². The average molecular weight is 296 g/mol. The Kier molecular flexibility index (Phi) is 3.01. The zero-order valence-electron chi connectivity index (χ0n) is 8.37. The normalized spacial score (nSPS) is 10.2. The van der Waals surface area contributed by atoms with Crippen LogP contribution in [0.25, 0.3) is 5.69 Å². The summed E-state index contributed by atoms with van der Waals surface area (Å²) in [5.74, 6) is -1.40. The van der Waals surface area contributed by atoms with Crippen LogP contribution in [0.3, 0.4) is 0 Å². The monoisotopic (exact) mass is 295 g/mol. The van der Waals surface area contributed by atoms with Crippen molar-refractivity contribution in [2.45, 2.75) is 0 Å². The predicted molar refractivity (Wildman–Crippen MR) is 62.3 cm³/mol. The molecule has 1 heterocycles. The predicted octanol–water partition coefficient (Wildman–Crippen LogP) is 1.09. The Balaban J connectivity index is 2.58. The third-order valence-electron chi connectivity index (χ3n) is 1.97. The van der Waals surface area contributed by atoms with Gasteiger partial charge in [0.2, 0.25) is 5.69 Å². The first-order chi connectivity index (χ1) is 8.08. The Hall–Kier alpha value is -2.02. The van der Waals surface area contributed by atoms with Crippen LogP contribution in [-0.4, -0.2) is 25.8 Å². The molecule has 17 heavy (non-hydrogen) atoms. The van der Waals surface area contributed by atoms with Crippen LogP contribution < -0.4 is 5.56 Å². The maximum absolute atomic E-state index is 11.1. The second-order valence-electron chi connectivity index (χ2n) is 3.13. The van der Waals surface area contributed by atoms with Gasteiger partial charge in [0.05, 0.1) is 5.69 Å². The van der Waals surface area contributed by atoms with E-state index in [1.807, 2.05) is 6.07 Å². The number of halogens is 1. The molecule has 6 nitrogen and oxygen atoms in total. The van der Waals surface area contributed by atoms with Crippen molar-refractivity contribution >= 4 is 21.9 Å². The minimum absolute atomic E-state index is 0.604. The van der Waals surface area contributed by atoms with Crippen molar-refractivity contribution in [2.75, 3.05) is 0 Å². The molecule has 7 heteroatoms. The molecule has 0 radical (unpaired) electrons. The van der Waals surface area contributed by atoms with Crippen molar-refractivity contribution in [2.24, 2.45) is 0 Å². The highest BCUT2D eigenvalue weighted by Crippen LogP contribution is 2.13. The van der Waals surface area contributed by atoms with Gasteiger partial charge in [-0.05, 0) is 18.2 Å². The first-order valence-corrected chi connectivity index (χ1v) is 5.32. The van der Waals surface area contributed by atoms with Gasteiger partial charge in [-0.15, -0.1) is 0 Å². The van der Waals surface area contributed by atoms with Crippen molar-refractivity contribution in [3.8, 4) is 5.69 Å². The summed E-state index contributed by atoms with van der Waals surface area (Å²) in [6.45, 7) is 0. The van der Waals surface area contributed by atoms with E-state index in [0.29, 0.717) is 5.69 Å². The second kappa shape index (κ2) is 4.46. The van der Waals surface area contributed by atoms with E-state index in [1.165, 1.54) is 11.0 Å². The molecule has 1 N–H and O–H groups in total. The van der Waals surface area contributed by atoms with Crippen LogP contribution >= 0.6 is 15.9 Å². The number of hydrogen-bond acceptors (Lipinski definition) is 4. The molecule has 0 saturated heterocycles. The third-order valence-corrected chi connectivity index (χ3v) is 2.46. The van der Waals surface area contributed by atoms with Gasteiger partial charge in [0.15, 0.2) is 0 Å². The second-order valence-corrected chi connectivity index (χ2v) is 4.04. The fourth-order valence-corrected chi connectivity index (χ4v) is 1.61. The molecule has 1 aromatic carbocycles. The van der Waals surface area contributed by atoms with Crippen molar-refractivity contribution in [3.63, 3.8) is 0 Å². The fourth-order valence-electron chi connectivity index (χ4n) is 1.22. The maximum Gasteiger partial charge on any atom is 0.362 e. The van der Waals surface area contributed by atoms with E-state index in [4.69, 9.17) is 5.11 Å². The minimum Gasteiger partial charge on any atom is -0.476 e. The summed E-state index contributed by atoms with van der Waals surface area (Å²) in [6, 6.07) is 7.03. The molecule has 0 amide bonds. The molecule has 0 aliphatic carbocycles. The van der Waals surface area contributed by atoms with E-state index in [9.17, 15) is 9.59 Å². The Bertz CT molecular complexity index is 639. The van der Waals surface area contributed by atoms with Gasteiger partial charge in [-0.1, -0.05) is 22.0 Å². The third kappa shape index (κ3) is 2.39. The average Bonchev–Trinajstić information content (AvgIpc) is 2.29. The topological polar surface area (TPSA) is 85.1 Å². The number of aromatic carboxylic acids is 1. The molecule has 0 saturated carbocycles.